The number of aliphatic hydroxyl groups is 1. The van der Waals surface area contributed by atoms with Crippen molar-refractivity contribution >= 4 is 0 Å². The van der Waals surface area contributed by atoms with Crippen LogP contribution in [0, 0.1) is 5.92 Å². The second-order valence-electron chi connectivity index (χ2n) is 5.01. The molecule has 0 aliphatic carbocycles. The highest BCUT2D eigenvalue weighted by atomic mass is 16.3. The molecule has 0 aromatic heterocycles. The maximum atomic E-state index is 9.81. The molecule has 1 unspecified atom stereocenters. The third-order valence-electron chi connectivity index (χ3n) is 2.89. The van der Waals surface area contributed by atoms with Crippen LogP contribution in [0.3, 0.4) is 0 Å². The van der Waals surface area contributed by atoms with Gasteiger partial charge in [0.05, 0.1) is 6.10 Å². The molecule has 0 saturated heterocycles. The van der Waals surface area contributed by atoms with Crippen molar-refractivity contribution in [3.63, 3.8) is 0 Å². The maximum Gasteiger partial charge on any atom is 0.0764 e. The molecule has 0 amide bonds. The fourth-order valence-electron chi connectivity index (χ4n) is 2.21. The van der Waals surface area contributed by atoms with E-state index in [0.29, 0.717) is 5.92 Å². The third-order valence-corrected chi connectivity index (χ3v) is 2.89. The molecular weight excluding hydrogens is 196 g/mol. The summed E-state index contributed by atoms with van der Waals surface area (Å²) < 4.78 is 0. The van der Waals surface area contributed by atoms with Gasteiger partial charge in [0.2, 0.25) is 0 Å². The Morgan fingerprint density at radius 1 is 1.19 bits per heavy atom. The minimum Gasteiger partial charge on any atom is -0.389 e. The first-order chi connectivity index (χ1) is 7.56. The van der Waals surface area contributed by atoms with E-state index < -0.39 is 0 Å². The molecule has 0 fully saturated rings. The normalized spacial score (nSPS) is 13.1. The summed E-state index contributed by atoms with van der Waals surface area (Å²) in [5, 5.41) is 9.81. The minimum atomic E-state index is -0.356. The Morgan fingerprint density at radius 2 is 1.88 bits per heavy atom. The molecule has 1 nitrogen and oxygen atoms in total. The van der Waals surface area contributed by atoms with Gasteiger partial charge in [-0.3, -0.25) is 0 Å². The summed E-state index contributed by atoms with van der Waals surface area (Å²) in [5.41, 5.74) is 3.89. The molecule has 1 aromatic rings. The van der Waals surface area contributed by atoms with Crippen LogP contribution in [0.25, 0.3) is 0 Å². The molecule has 0 bridgehead atoms. The van der Waals surface area contributed by atoms with Crippen molar-refractivity contribution in [2.75, 3.05) is 0 Å². The van der Waals surface area contributed by atoms with Crippen LogP contribution in [0.2, 0.25) is 0 Å². The van der Waals surface area contributed by atoms with Gasteiger partial charge < -0.3 is 5.11 Å². The van der Waals surface area contributed by atoms with Gasteiger partial charge in [0.15, 0.2) is 0 Å². The van der Waals surface area contributed by atoms with Gasteiger partial charge in [-0.15, -0.1) is 0 Å². The van der Waals surface area contributed by atoms with Gasteiger partial charge in [-0.25, -0.2) is 0 Å². The van der Waals surface area contributed by atoms with Crippen molar-refractivity contribution in [3.8, 4) is 0 Å². The second kappa shape index (κ2) is 6.05. The molecule has 1 atom stereocenters. The molecule has 0 spiro atoms. The fraction of sp³-hybridized carbons (Fsp3) is 0.600. The summed E-state index contributed by atoms with van der Waals surface area (Å²) in [6, 6.07) is 6.32. The Hall–Kier alpha value is -0.820. The highest BCUT2D eigenvalue weighted by Crippen LogP contribution is 2.25. The molecule has 0 heterocycles. The monoisotopic (exact) mass is 220 g/mol. The fourth-order valence-corrected chi connectivity index (χ4v) is 2.21. The van der Waals surface area contributed by atoms with Gasteiger partial charge in [0, 0.05) is 0 Å². The van der Waals surface area contributed by atoms with Gasteiger partial charge in [-0.05, 0) is 42.4 Å². The van der Waals surface area contributed by atoms with Crippen LogP contribution in [0.5, 0.6) is 0 Å². The van der Waals surface area contributed by atoms with Crippen LogP contribution < -0.4 is 0 Å². The van der Waals surface area contributed by atoms with Crippen molar-refractivity contribution in [1.29, 1.82) is 0 Å². The van der Waals surface area contributed by atoms with Gasteiger partial charge >= 0.3 is 0 Å². The maximum absolute atomic E-state index is 9.81. The van der Waals surface area contributed by atoms with Gasteiger partial charge in [-0.1, -0.05) is 45.4 Å². The lowest BCUT2D eigenvalue weighted by atomic mass is 9.89. The predicted octanol–water partition coefficient (Wildman–Crippen LogP) is 3.89. The zero-order valence-electron chi connectivity index (χ0n) is 11.0. The molecular formula is C15H24O. The Labute approximate surface area is 99.5 Å². The van der Waals surface area contributed by atoms with E-state index in [9.17, 15) is 5.11 Å². The summed E-state index contributed by atoms with van der Waals surface area (Å²) in [5.74, 6) is 0.635. The van der Waals surface area contributed by atoms with Crippen LogP contribution in [0.15, 0.2) is 18.2 Å². The summed E-state index contributed by atoms with van der Waals surface area (Å²) >= 11 is 0. The molecule has 1 rings (SSSR count). The van der Waals surface area contributed by atoms with Crippen LogP contribution in [-0.2, 0) is 12.8 Å². The lowest BCUT2D eigenvalue weighted by molar-refractivity contribution is 0.197. The average molecular weight is 220 g/mol. The molecule has 90 valence electrons. The van der Waals surface area contributed by atoms with Crippen molar-refractivity contribution in [2.24, 2.45) is 5.92 Å². The minimum absolute atomic E-state index is 0.356. The Bertz CT molecular complexity index is 326. The van der Waals surface area contributed by atoms with Gasteiger partial charge in [0.1, 0.15) is 0 Å². The predicted molar refractivity (Wildman–Crippen MR) is 69.6 cm³/mol. The molecule has 0 saturated carbocycles. The van der Waals surface area contributed by atoms with E-state index in [2.05, 4.69) is 39.0 Å². The van der Waals surface area contributed by atoms with E-state index in [1.165, 1.54) is 11.1 Å². The molecule has 0 aliphatic heterocycles. The van der Waals surface area contributed by atoms with E-state index in [1.54, 1.807) is 0 Å². The number of hydrogen-bond acceptors (Lipinski definition) is 1. The third kappa shape index (κ3) is 3.34. The van der Waals surface area contributed by atoms with Crippen LogP contribution >= 0.6 is 0 Å². The molecule has 1 aromatic carbocycles. The highest BCUT2D eigenvalue weighted by Gasteiger charge is 2.12. The SMILES string of the molecule is CCCc1cccc(C(C)O)c1CC(C)C. The largest absolute Gasteiger partial charge is 0.389 e. The van der Waals surface area contributed by atoms with E-state index in [0.717, 1.165) is 24.8 Å². The lowest BCUT2D eigenvalue weighted by Crippen LogP contribution is -2.06. The zero-order chi connectivity index (χ0) is 12.1. The van der Waals surface area contributed by atoms with E-state index in [1.807, 2.05) is 6.92 Å². The Balaban J connectivity index is 3.12. The van der Waals surface area contributed by atoms with Crippen molar-refractivity contribution < 1.29 is 5.11 Å². The molecule has 16 heavy (non-hydrogen) atoms. The smallest absolute Gasteiger partial charge is 0.0764 e. The summed E-state index contributed by atoms with van der Waals surface area (Å²) in [6.45, 7) is 8.52. The van der Waals surface area contributed by atoms with Crippen LogP contribution in [0.1, 0.15) is 56.9 Å². The Kier molecular flexibility index (Phi) is 5.01. The number of benzene rings is 1. The van der Waals surface area contributed by atoms with Gasteiger partial charge in [-0.2, -0.15) is 0 Å². The molecule has 1 N–H and O–H groups in total. The topological polar surface area (TPSA) is 20.2 Å². The standard InChI is InChI=1S/C15H24O/c1-5-7-13-8-6-9-14(12(4)16)15(13)10-11(2)3/h6,8-9,11-12,16H,5,7,10H2,1-4H3. The van der Waals surface area contributed by atoms with E-state index >= 15 is 0 Å². The highest BCUT2D eigenvalue weighted by molar-refractivity contribution is 5.37. The quantitative estimate of drug-likeness (QED) is 0.798. The van der Waals surface area contributed by atoms with Gasteiger partial charge in [0.25, 0.3) is 0 Å². The van der Waals surface area contributed by atoms with E-state index in [-0.39, 0.29) is 6.10 Å². The second-order valence-corrected chi connectivity index (χ2v) is 5.01. The Morgan fingerprint density at radius 3 is 2.38 bits per heavy atom. The van der Waals surface area contributed by atoms with Crippen molar-refractivity contribution in [1.82, 2.24) is 0 Å². The number of hydrogen-bond donors (Lipinski definition) is 1. The average Bonchev–Trinajstić information content (AvgIpc) is 2.19. The first-order valence-corrected chi connectivity index (χ1v) is 6.35. The number of aliphatic hydroxyl groups excluding tert-OH is 1. The van der Waals surface area contributed by atoms with Crippen molar-refractivity contribution in [3.05, 3.63) is 34.9 Å². The summed E-state index contributed by atoms with van der Waals surface area (Å²) in [4.78, 5) is 0. The van der Waals surface area contributed by atoms with E-state index in [4.69, 9.17) is 0 Å². The summed E-state index contributed by atoms with van der Waals surface area (Å²) in [7, 11) is 0. The van der Waals surface area contributed by atoms with Crippen molar-refractivity contribution in [2.45, 2.75) is 53.1 Å². The molecule has 1 heteroatoms. The molecule has 0 aliphatic rings. The lowest BCUT2D eigenvalue weighted by Gasteiger charge is -2.18. The first-order valence-electron chi connectivity index (χ1n) is 6.35. The summed E-state index contributed by atoms with van der Waals surface area (Å²) in [6.07, 6.45) is 2.98. The van der Waals surface area contributed by atoms with Crippen LogP contribution in [-0.4, -0.2) is 5.11 Å². The zero-order valence-corrected chi connectivity index (χ0v) is 11.0. The first kappa shape index (κ1) is 13.2. The number of aryl methyl sites for hydroxylation is 1. The van der Waals surface area contributed by atoms with Crippen LogP contribution in [0.4, 0.5) is 0 Å². The number of rotatable bonds is 5. The molecule has 0 radical (unpaired) electrons.